The van der Waals surface area contributed by atoms with E-state index < -0.39 is 10.0 Å². The van der Waals surface area contributed by atoms with Crippen molar-refractivity contribution in [1.29, 1.82) is 0 Å². The number of nitrogens with one attached hydrogen (secondary N) is 1. The molecule has 0 spiro atoms. The zero-order chi connectivity index (χ0) is 21.9. The molecule has 1 fully saturated rings. The number of piperidine rings is 1. The van der Waals surface area contributed by atoms with Crippen LogP contribution in [0.2, 0.25) is 5.02 Å². The molecule has 7 nitrogen and oxygen atoms in total. The van der Waals surface area contributed by atoms with Crippen LogP contribution in [0.15, 0.2) is 53.4 Å². The maximum atomic E-state index is 12.8. The highest BCUT2D eigenvalue weighted by Crippen LogP contribution is 2.22. The number of hydrogen-bond donors (Lipinski definition) is 2. The fraction of sp³-hybridized carbons (Fsp3) is 0.333. The number of amides is 2. The van der Waals surface area contributed by atoms with E-state index in [2.05, 4.69) is 5.32 Å². The van der Waals surface area contributed by atoms with Gasteiger partial charge in [-0.15, -0.1) is 0 Å². The van der Waals surface area contributed by atoms with Gasteiger partial charge in [-0.2, -0.15) is 0 Å². The van der Waals surface area contributed by atoms with Crippen molar-refractivity contribution in [3.8, 4) is 0 Å². The second-order valence-electron chi connectivity index (χ2n) is 7.44. The summed E-state index contributed by atoms with van der Waals surface area (Å²) in [6.45, 7) is 2.78. The van der Waals surface area contributed by atoms with Gasteiger partial charge in [-0.05, 0) is 61.7 Å². The average Bonchev–Trinajstić information content (AvgIpc) is 2.73. The van der Waals surface area contributed by atoms with E-state index in [1.165, 1.54) is 12.1 Å². The minimum absolute atomic E-state index is 0.0217. The molecule has 9 heteroatoms. The molecular weight excluding hydrogens is 426 g/mol. The first-order valence-electron chi connectivity index (χ1n) is 9.63. The smallest absolute Gasteiger partial charge is 0.253 e. The van der Waals surface area contributed by atoms with Crippen LogP contribution in [0.1, 0.15) is 41.7 Å². The van der Waals surface area contributed by atoms with Gasteiger partial charge >= 0.3 is 0 Å². The summed E-state index contributed by atoms with van der Waals surface area (Å²) in [5, 5.41) is 8.63. The number of primary sulfonamides is 1. The second kappa shape index (κ2) is 9.16. The van der Waals surface area contributed by atoms with Crippen molar-refractivity contribution in [1.82, 2.24) is 10.2 Å². The summed E-state index contributed by atoms with van der Waals surface area (Å²) in [6, 6.07) is 12.5. The first-order chi connectivity index (χ1) is 14.1. The fourth-order valence-electron chi connectivity index (χ4n) is 3.51. The number of carbonyl (C=O) groups is 2. The van der Waals surface area contributed by atoms with Crippen molar-refractivity contribution in [2.24, 2.45) is 11.1 Å². The number of sulfonamides is 1. The van der Waals surface area contributed by atoms with Gasteiger partial charge in [-0.1, -0.05) is 23.7 Å². The topological polar surface area (TPSA) is 110 Å². The van der Waals surface area contributed by atoms with E-state index in [4.69, 9.17) is 16.7 Å². The van der Waals surface area contributed by atoms with E-state index in [-0.39, 0.29) is 28.7 Å². The molecule has 30 heavy (non-hydrogen) atoms. The minimum atomic E-state index is -3.76. The molecule has 2 atom stereocenters. The van der Waals surface area contributed by atoms with Crippen LogP contribution < -0.4 is 10.5 Å². The number of nitrogens with two attached hydrogens (primary N) is 1. The Morgan fingerprint density at radius 1 is 1.13 bits per heavy atom. The normalized spacial score (nSPS) is 18.0. The van der Waals surface area contributed by atoms with Crippen molar-refractivity contribution < 1.29 is 18.0 Å². The van der Waals surface area contributed by atoms with Crippen LogP contribution in [0.25, 0.3) is 0 Å². The highest BCUT2D eigenvalue weighted by molar-refractivity contribution is 7.89. The van der Waals surface area contributed by atoms with Crippen LogP contribution in [0.5, 0.6) is 0 Å². The van der Waals surface area contributed by atoms with Crippen molar-refractivity contribution in [3.63, 3.8) is 0 Å². The molecular formula is C21H24ClN3O4S. The molecule has 3 rings (SSSR count). The van der Waals surface area contributed by atoms with E-state index >= 15 is 0 Å². The summed E-state index contributed by atoms with van der Waals surface area (Å²) < 4.78 is 22.7. The summed E-state index contributed by atoms with van der Waals surface area (Å²) in [7, 11) is -3.76. The van der Waals surface area contributed by atoms with Gasteiger partial charge in [0.25, 0.3) is 5.91 Å². The predicted molar refractivity (Wildman–Crippen MR) is 114 cm³/mol. The van der Waals surface area contributed by atoms with Crippen LogP contribution in [-0.4, -0.2) is 38.2 Å². The van der Waals surface area contributed by atoms with Crippen molar-refractivity contribution >= 4 is 33.4 Å². The molecule has 2 amide bonds. The molecule has 0 bridgehead atoms. The Morgan fingerprint density at radius 2 is 1.77 bits per heavy atom. The summed E-state index contributed by atoms with van der Waals surface area (Å²) in [4.78, 5) is 27.2. The lowest BCUT2D eigenvalue weighted by Gasteiger charge is -2.32. The van der Waals surface area contributed by atoms with Crippen molar-refractivity contribution in [3.05, 3.63) is 64.7 Å². The molecule has 1 aliphatic rings. The van der Waals surface area contributed by atoms with Crippen LogP contribution in [0.3, 0.4) is 0 Å². The van der Waals surface area contributed by atoms with Crippen molar-refractivity contribution in [2.75, 3.05) is 13.1 Å². The highest BCUT2D eigenvalue weighted by atomic mass is 35.5. The highest BCUT2D eigenvalue weighted by Gasteiger charge is 2.29. The van der Waals surface area contributed by atoms with Gasteiger partial charge in [0.05, 0.1) is 16.9 Å². The van der Waals surface area contributed by atoms with Crippen LogP contribution >= 0.6 is 11.6 Å². The lowest BCUT2D eigenvalue weighted by Crippen LogP contribution is -2.45. The van der Waals surface area contributed by atoms with Crippen LogP contribution in [0.4, 0.5) is 0 Å². The van der Waals surface area contributed by atoms with Gasteiger partial charge in [0.1, 0.15) is 0 Å². The number of benzene rings is 2. The van der Waals surface area contributed by atoms with Gasteiger partial charge in [-0.3, -0.25) is 9.59 Å². The zero-order valence-corrected chi connectivity index (χ0v) is 18.1. The zero-order valence-electron chi connectivity index (χ0n) is 16.5. The largest absolute Gasteiger partial charge is 0.349 e. The summed E-state index contributed by atoms with van der Waals surface area (Å²) >= 11 is 5.88. The van der Waals surface area contributed by atoms with E-state index in [0.717, 1.165) is 12.0 Å². The summed E-state index contributed by atoms with van der Waals surface area (Å²) in [5.74, 6) is -0.552. The van der Waals surface area contributed by atoms with Gasteiger partial charge in [0, 0.05) is 23.7 Å². The Morgan fingerprint density at radius 3 is 2.37 bits per heavy atom. The van der Waals surface area contributed by atoms with Gasteiger partial charge in [-0.25, -0.2) is 13.6 Å². The first kappa shape index (κ1) is 22.3. The number of nitrogens with zero attached hydrogens (tertiary/aromatic N) is 1. The summed E-state index contributed by atoms with van der Waals surface area (Å²) in [5.41, 5.74) is 1.31. The molecule has 160 valence electrons. The molecule has 1 heterocycles. The quantitative estimate of drug-likeness (QED) is 0.731. The number of halogens is 1. The van der Waals surface area contributed by atoms with E-state index in [9.17, 15) is 18.0 Å². The van der Waals surface area contributed by atoms with Gasteiger partial charge in [0.2, 0.25) is 15.9 Å². The average molecular weight is 450 g/mol. The Kier molecular flexibility index (Phi) is 6.80. The van der Waals surface area contributed by atoms with Crippen molar-refractivity contribution in [2.45, 2.75) is 30.7 Å². The molecule has 0 aliphatic carbocycles. The van der Waals surface area contributed by atoms with E-state index in [0.29, 0.717) is 30.1 Å². The molecule has 1 saturated heterocycles. The standard InChI is InChI=1S/C21H24ClN3O4S/c1-14(15-6-10-19(11-7-15)30(23,28)29)24-20(26)17-3-2-12-25(13-17)21(27)16-4-8-18(22)9-5-16/h4-11,14,17H,2-3,12-13H2,1H3,(H,24,26)(H2,23,28,29)/t14-,17+/m1/s1. The third-order valence-corrected chi connectivity index (χ3v) is 6.42. The summed E-state index contributed by atoms with van der Waals surface area (Å²) in [6.07, 6.45) is 1.45. The number of rotatable bonds is 5. The van der Waals surface area contributed by atoms with Crippen LogP contribution in [0, 0.1) is 5.92 Å². The Balaban J connectivity index is 1.62. The number of hydrogen-bond acceptors (Lipinski definition) is 4. The SMILES string of the molecule is C[C@@H](NC(=O)[C@H]1CCCN(C(=O)c2ccc(Cl)cc2)C1)c1ccc(S(N)(=O)=O)cc1. The van der Waals surface area contributed by atoms with E-state index in [1.807, 2.05) is 6.92 Å². The lowest BCUT2D eigenvalue weighted by atomic mass is 9.95. The Labute approximate surface area is 181 Å². The molecule has 1 aliphatic heterocycles. The second-order valence-corrected chi connectivity index (χ2v) is 9.44. The Hall–Kier alpha value is -2.42. The number of carbonyl (C=O) groups excluding carboxylic acids is 2. The molecule has 2 aromatic carbocycles. The maximum absolute atomic E-state index is 12.8. The third kappa shape index (κ3) is 5.38. The monoisotopic (exact) mass is 449 g/mol. The molecule has 3 N–H and O–H groups in total. The third-order valence-electron chi connectivity index (χ3n) is 5.24. The molecule has 2 aromatic rings. The van der Waals surface area contributed by atoms with Crippen LogP contribution in [-0.2, 0) is 14.8 Å². The Bertz CT molecular complexity index is 1020. The fourth-order valence-corrected chi connectivity index (χ4v) is 4.15. The molecule has 0 radical (unpaired) electrons. The van der Waals surface area contributed by atoms with Gasteiger partial charge < -0.3 is 10.2 Å². The first-order valence-corrected chi connectivity index (χ1v) is 11.6. The number of likely N-dealkylation sites (tertiary alicyclic amines) is 1. The molecule has 0 unspecified atom stereocenters. The maximum Gasteiger partial charge on any atom is 0.253 e. The van der Waals surface area contributed by atoms with E-state index in [1.54, 1.807) is 41.3 Å². The molecule has 0 saturated carbocycles. The predicted octanol–water partition coefficient (Wildman–Crippen LogP) is 2.72. The molecule has 0 aromatic heterocycles. The minimum Gasteiger partial charge on any atom is -0.349 e. The lowest BCUT2D eigenvalue weighted by molar-refractivity contribution is -0.127. The van der Waals surface area contributed by atoms with Gasteiger partial charge in [0.15, 0.2) is 0 Å².